The second-order valence-corrected chi connectivity index (χ2v) is 9.75. The molecule has 1 saturated carbocycles. The number of benzene rings is 1. The molecule has 2 aromatic heterocycles. The molecule has 0 aliphatic heterocycles. The standard InChI is InChI=1S/C25H31N5O2S/c1-4-32-21-11-9-20(10-12-21)30-23(19-13-15-26-16-14-19)28-29-25(30)33-18(3)24(31)27-22-8-6-5-7-17(22)2/h9-18,22H,4-8H2,1-3H3,(H,27,31). The molecule has 1 N–H and O–H groups in total. The maximum atomic E-state index is 13.0. The Balaban J connectivity index is 1.59. The van der Waals surface area contributed by atoms with Crippen LogP contribution in [0.4, 0.5) is 0 Å². The van der Waals surface area contributed by atoms with Gasteiger partial charge in [0.25, 0.3) is 0 Å². The van der Waals surface area contributed by atoms with E-state index in [1.54, 1.807) is 12.4 Å². The summed E-state index contributed by atoms with van der Waals surface area (Å²) in [5, 5.41) is 12.6. The Kier molecular flexibility index (Phi) is 7.65. The Morgan fingerprint density at radius 3 is 2.58 bits per heavy atom. The van der Waals surface area contributed by atoms with Crippen molar-refractivity contribution >= 4 is 17.7 Å². The maximum absolute atomic E-state index is 13.0. The van der Waals surface area contributed by atoms with Crippen LogP contribution in [0.25, 0.3) is 17.1 Å². The molecule has 1 aliphatic carbocycles. The Hall–Kier alpha value is -2.87. The van der Waals surface area contributed by atoms with E-state index < -0.39 is 0 Å². The smallest absolute Gasteiger partial charge is 0.233 e. The van der Waals surface area contributed by atoms with Gasteiger partial charge in [0.05, 0.1) is 11.9 Å². The lowest BCUT2D eigenvalue weighted by molar-refractivity contribution is -0.121. The van der Waals surface area contributed by atoms with Gasteiger partial charge >= 0.3 is 0 Å². The van der Waals surface area contributed by atoms with E-state index in [-0.39, 0.29) is 17.2 Å². The topological polar surface area (TPSA) is 81.9 Å². The van der Waals surface area contributed by atoms with Crippen LogP contribution in [-0.4, -0.2) is 43.6 Å². The monoisotopic (exact) mass is 465 g/mol. The Labute approximate surface area is 199 Å². The van der Waals surface area contributed by atoms with Crippen molar-refractivity contribution in [2.45, 2.75) is 62.9 Å². The van der Waals surface area contributed by atoms with Crippen LogP contribution in [0.2, 0.25) is 0 Å². The SMILES string of the molecule is CCOc1ccc(-n2c(SC(C)C(=O)NC3CCCCC3C)nnc2-c2ccncc2)cc1. The van der Waals surface area contributed by atoms with E-state index in [4.69, 9.17) is 4.74 Å². The molecular formula is C25H31N5O2S. The molecule has 7 nitrogen and oxygen atoms in total. The number of nitrogens with zero attached hydrogens (tertiary/aromatic N) is 4. The average Bonchev–Trinajstić information content (AvgIpc) is 3.25. The normalized spacial score (nSPS) is 19.1. The third-order valence-corrected chi connectivity index (χ3v) is 7.11. The number of hydrogen-bond acceptors (Lipinski definition) is 6. The first kappa shape index (κ1) is 23.3. The van der Waals surface area contributed by atoms with Gasteiger partial charge in [0, 0.05) is 29.7 Å². The van der Waals surface area contributed by atoms with Gasteiger partial charge in [-0.3, -0.25) is 14.3 Å². The summed E-state index contributed by atoms with van der Waals surface area (Å²) in [5.41, 5.74) is 1.82. The van der Waals surface area contributed by atoms with Gasteiger partial charge in [-0.05, 0) is 69.0 Å². The molecule has 3 aromatic rings. The van der Waals surface area contributed by atoms with E-state index in [0.29, 0.717) is 23.5 Å². The van der Waals surface area contributed by atoms with Crippen LogP contribution in [0, 0.1) is 5.92 Å². The van der Waals surface area contributed by atoms with Gasteiger partial charge < -0.3 is 10.1 Å². The Morgan fingerprint density at radius 2 is 1.88 bits per heavy atom. The molecule has 33 heavy (non-hydrogen) atoms. The van der Waals surface area contributed by atoms with Gasteiger partial charge in [0.1, 0.15) is 5.75 Å². The van der Waals surface area contributed by atoms with Crippen LogP contribution in [0.5, 0.6) is 5.75 Å². The molecule has 0 bridgehead atoms. The third-order valence-electron chi connectivity index (χ3n) is 6.07. The summed E-state index contributed by atoms with van der Waals surface area (Å²) >= 11 is 1.42. The summed E-state index contributed by atoms with van der Waals surface area (Å²) in [5.74, 6) is 2.08. The predicted molar refractivity (Wildman–Crippen MR) is 131 cm³/mol. The van der Waals surface area contributed by atoms with Gasteiger partial charge in [0.15, 0.2) is 11.0 Å². The summed E-state index contributed by atoms with van der Waals surface area (Å²) in [4.78, 5) is 17.1. The average molecular weight is 466 g/mol. The molecule has 1 fully saturated rings. The second kappa shape index (κ2) is 10.8. The quantitative estimate of drug-likeness (QED) is 0.476. The Bertz CT molecular complexity index is 1050. The van der Waals surface area contributed by atoms with Crippen molar-refractivity contribution in [3.05, 3.63) is 48.8 Å². The summed E-state index contributed by atoms with van der Waals surface area (Å²) < 4.78 is 7.58. The minimum atomic E-state index is -0.296. The van der Waals surface area contributed by atoms with E-state index in [0.717, 1.165) is 23.4 Å². The van der Waals surface area contributed by atoms with Crippen molar-refractivity contribution in [2.75, 3.05) is 6.61 Å². The number of amides is 1. The third kappa shape index (κ3) is 5.55. The predicted octanol–water partition coefficient (Wildman–Crippen LogP) is 4.90. The van der Waals surface area contributed by atoms with Gasteiger partial charge in [-0.25, -0.2) is 0 Å². The first-order chi connectivity index (χ1) is 16.1. The molecule has 8 heteroatoms. The van der Waals surface area contributed by atoms with Crippen LogP contribution in [0.15, 0.2) is 53.9 Å². The molecule has 1 aliphatic rings. The lowest BCUT2D eigenvalue weighted by Crippen LogP contribution is -2.44. The fraction of sp³-hybridized carbons (Fsp3) is 0.440. The molecule has 174 valence electrons. The zero-order chi connectivity index (χ0) is 23.2. The van der Waals surface area contributed by atoms with Crippen molar-refractivity contribution in [2.24, 2.45) is 5.92 Å². The summed E-state index contributed by atoms with van der Waals surface area (Å²) in [6.07, 6.45) is 8.13. The highest BCUT2D eigenvalue weighted by molar-refractivity contribution is 8.00. The highest BCUT2D eigenvalue weighted by atomic mass is 32.2. The first-order valence-corrected chi connectivity index (χ1v) is 12.5. The molecule has 0 saturated heterocycles. The molecular weight excluding hydrogens is 434 g/mol. The zero-order valence-electron chi connectivity index (χ0n) is 19.4. The fourth-order valence-corrected chi connectivity index (χ4v) is 5.04. The summed E-state index contributed by atoms with van der Waals surface area (Å²) in [6.45, 7) is 6.73. The number of thioether (sulfide) groups is 1. The van der Waals surface area contributed by atoms with Gasteiger partial charge in [-0.2, -0.15) is 0 Å². The van der Waals surface area contributed by atoms with Crippen LogP contribution >= 0.6 is 11.8 Å². The second-order valence-electron chi connectivity index (χ2n) is 8.44. The molecule has 0 spiro atoms. The van der Waals surface area contributed by atoms with Crippen molar-refractivity contribution in [1.29, 1.82) is 0 Å². The number of rotatable bonds is 8. The van der Waals surface area contributed by atoms with Gasteiger partial charge in [0.2, 0.25) is 5.91 Å². The molecule has 0 radical (unpaired) electrons. The molecule has 3 atom stereocenters. The fourth-order valence-electron chi connectivity index (χ4n) is 4.17. The minimum Gasteiger partial charge on any atom is -0.494 e. The molecule has 1 amide bonds. The largest absolute Gasteiger partial charge is 0.494 e. The van der Waals surface area contributed by atoms with Crippen LogP contribution in [0.3, 0.4) is 0 Å². The van der Waals surface area contributed by atoms with E-state index in [1.807, 2.05) is 54.8 Å². The lowest BCUT2D eigenvalue weighted by atomic mass is 9.86. The van der Waals surface area contributed by atoms with E-state index in [9.17, 15) is 4.79 Å². The van der Waals surface area contributed by atoms with Crippen molar-refractivity contribution in [3.8, 4) is 22.8 Å². The number of ether oxygens (including phenoxy) is 1. The lowest BCUT2D eigenvalue weighted by Gasteiger charge is -2.30. The molecule has 2 heterocycles. The number of pyridine rings is 1. The minimum absolute atomic E-state index is 0.0467. The van der Waals surface area contributed by atoms with E-state index in [2.05, 4.69) is 27.4 Å². The van der Waals surface area contributed by atoms with Gasteiger partial charge in [-0.15, -0.1) is 10.2 Å². The highest BCUT2D eigenvalue weighted by Crippen LogP contribution is 2.31. The van der Waals surface area contributed by atoms with Crippen molar-refractivity contribution < 1.29 is 9.53 Å². The van der Waals surface area contributed by atoms with Crippen molar-refractivity contribution in [3.63, 3.8) is 0 Å². The zero-order valence-corrected chi connectivity index (χ0v) is 20.2. The van der Waals surface area contributed by atoms with Crippen LogP contribution in [-0.2, 0) is 4.79 Å². The molecule has 3 unspecified atom stereocenters. The number of carbonyl (C=O) groups is 1. The number of aromatic nitrogens is 4. The first-order valence-electron chi connectivity index (χ1n) is 11.6. The number of hydrogen-bond donors (Lipinski definition) is 1. The molecule has 4 rings (SSSR count). The highest BCUT2D eigenvalue weighted by Gasteiger charge is 2.27. The van der Waals surface area contributed by atoms with E-state index >= 15 is 0 Å². The van der Waals surface area contributed by atoms with Crippen molar-refractivity contribution in [1.82, 2.24) is 25.1 Å². The van der Waals surface area contributed by atoms with E-state index in [1.165, 1.54) is 31.0 Å². The summed E-state index contributed by atoms with van der Waals surface area (Å²) in [7, 11) is 0. The maximum Gasteiger partial charge on any atom is 0.233 e. The van der Waals surface area contributed by atoms with Gasteiger partial charge in [-0.1, -0.05) is 31.5 Å². The van der Waals surface area contributed by atoms with Crippen LogP contribution < -0.4 is 10.1 Å². The summed E-state index contributed by atoms with van der Waals surface area (Å²) in [6, 6.07) is 11.9. The Morgan fingerprint density at radius 1 is 1.15 bits per heavy atom. The van der Waals surface area contributed by atoms with Crippen LogP contribution in [0.1, 0.15) is 46.5 Å². The molecule has 1 aromatic carbocycles. The number of carbonyl (C=O) groups excluding carboxylic acids is 1. The number of nitrogens with one attached hydrogen (secondary N) is 1.